The second-order valence-electron chi connectivity index (χ2n) is 7.35. The summed E-state index contributed by atoms with van der Waals surface area (Å²) in [4.78, 5) is 16.8. The zero-order valence-corrected chi connectivity index (χ0v) is 18.6. The van der Waals surface area contributed by atoms with Gasteiger partial charge in [-0.1, -0.05) is 18.6 Å². The fraction of sp³-hybridized carbons (Fsp3) is 0.455. The van der Waals surface area contributed by atoms with Gasteiger partial charge in [-0.05, 0) is 49.1 Å². The molecule has 0 spiro atoms. The van der Waals surface area contributed by atoms with Crippen LogP contribution < -0.4 is 10.1 Å². The Kier molecular flexibility index (Phi) is 8.39. The monoisotopic (exact) mass is 447 g/mol. The molecule has 0 atom stereocenters. The fourth-order valence-electron chi connectivity index (χ4n) is 3.38. The van der Waals surface area contributed by atoms with Crippen LogP contribution in [0.25, 0.3) is 0 Å². The molecule has 2 aromatic rings. The molecule has 1 aliphatic rings. The van der Waals surface area contributed by atoms with Gasteiger partial charge in [0.15, 0.2) is 0 Å². The number of carbonyl (C=O) groups excluding carboxylic acids is 1. The van der Waals surface area contributed by atoms with Crippen molar-refractivity contribution in [2.45, 2.75) is 37.0 Å². The van der Waals surface area contributed by atoms with E-state index in [1.807, 2.05) is 0 Å². The van der Waals surface area contributed by atoms with Crippen LogP contribution in [0.2, 0.25) is 0 Å². The van der Waals surface area contributed by atoms with E-state index >= 15 is 0 Å². The number of benzene rings is 1. The van der Waals surface area contributed by atoms with Crippen LogP contribution in [0, 0.1) is 0 Å². The molecule has 168 valence electrons. The third-order valence-corrected chi connectivity index (χ3v) is 7.00. The molecule has 0 saturated carbocycles. The van der Waals surface area contributed by atoms with Crippen LogP contribution in [-0.4, -0.2) is 57.0 Å². The summed E-state index contributed by atoms with van der Waals surface area (Å²) in [5, 5.41) is 2.82. The second kappa shape index (κ2) is 11.2. The molecule has 1 N–H and O–H groups in total. The van der Waals surface area contributed by atoms with Crippen molar-refractivity contribution in [3.05, 3.63) is 48.2 Å². The number of aromatic nitrogens is 1. The Balaban J connectivity index is 1.54. The Morgan fingerprint density at radius 3 is 2.55 bits per heavy atom. The maximum Gasteiger partial charge on any atom is 0.243 e. The molecule has 31 heavy (non-hydrogen) atoms. The minimum atomic E-state index is -3.44. The summed E-state index contributed by atoms with van der Waals surface area (Å²) in [7, 11) is -1.86. The van der Waals surface area contributed by atoms with Crippen LogP contribution in [-0.2, 0) is 26.0 Å². The molecule has 1 aromatic heterocycles. The number of nitrogens with one attached hydrogen (secondary N) is 1. The molecule has 9 heteroatoms. The zero-order valence-electron chi connectivity index (χ0n) is 17.7. The number of hydrogen-bond acceptors (Lipinski definition) is 6. The number of aryl methyl sites for hydroxylation is 1. The molecule has 8 nitrogen and oxygen atoms in total. The van der Waals surface area contributed by atoms with E-state index in [4.69, 9.17) is 9.47 Å². The minimum absolute atomic E-state index is 0.172. The lowest BCUT2D eigenvalue weighted by Gasteiger charge is -2.25. The highest BCUT2D eigenvalue weighted by atomic mass is 32.2. The summed E-state index contributed by atoms with van der Waals surface area (Å²) in [6.07, 6.45) is 5.23. The van der Waals surface area contributed by atoms with Crippen LogP contribution in [0.15, 0.2) is 47.5 Å². The molecule has 1 amide bonds. The maximum absolute atomic E-state index is 12.7. The van der Waals surface area contributed by atoms with Gasteiger partial charge in [0.05, 0.1) is 11.5 Å². The molecule has 1 saturated heterocycles. The van der Waals surface area contributed by atoms with E-state index in [1.165, 1.54) is 0 Å². The molecule has 0 radical (unpaired) electrons. The highest BCUT2D eigenvalue weighted by Crippen LogP contribution is 2.22. The lowest BCUT2D eigenvalue weighted by molar-refractivity contribution is -0.116. The summed E-state index contributed by atoms with van der Waals surface area (Å²) in [5.74, 6) is 0.176. The number of methoxy groups -OCH3 is 1. The van der Waals surface area contributed by atoms with E-state index in [0.29, 0.717) is 49.2 Å². The van der Waals surface area contributed by atoms with Crippen molar-refractivity contribution in [1.82, 2.24) is 9.29 Å². The number of rotatable bonds is 10. The molecular weight excluding hydrogens is 418 g/mol. The largest absolute Gasteiger partial charge is 0.474 e. The summed E-state index contributed by atoms with van der Waals surface area (Å²) >= 11 is 0. The minimum Gasteiger partial charge on any atom is -0.474 e. The highest BCUT2D eigenvalue weighted by Gasteiger charge is 2.25. The van der Waals surface area contributed by atoms with Crippen molar-refractivity contribution < 1.29 is 22.7 Å². The number of sulfonamides is 1. The van der Waals surface area contributed by atoms with Crippen molar-refractivity contribution >= 4 is 21.6 Å². The molecule has 1 aromatic carbocycles. The van der Waals surface area contributed by atoms with Gasteiger partial charge in [-0.15, -0.1) is 0 Å². The molecule has 0 aliphatic carbocycles. The molecule has 0 unspecified atom stereocenters. The van der Waals surface area contributed by atoms with Gasteiger partial charge in [-0.25, -0.2) is 13.4 Å². The van der Waals surface area contributed by atoms with Crippen molar-refractivity contribution in [1.29, 1.82) is 0 Å². The third kappa shape index (κ3) is 6.49. The van der Waals surface area contributed by atoms with Crippen LogP contribution in [0.3, 0.4) is 0 Å². The standard InChI is InChI=1S/C22H29N3O5S/c1-29-16-17-30-22-20(6-5-13-23-22)24-21(26)12-9-18-7-10-19(11-8-18)31(27,28)25-14-3-2-4-15-25/h5-8,10-11,13H,2-4,9,12,14-17H2,1H3,(H,24,26). The SMILES string of the molecule is COCCOc1ncccc1NC(=O)CCc1ccc(S(=O)(=O)N2CCCCC2)cc1. The predicted octanol–water partition coefficient (Wildman–Crippen LogP) is 2.85. The lowest BCUT2D eigenvalue weighted by Crippen LogP contribution is -2.35. The number of anilines is 1. The number of carbonyl (C=O) groups is 1. The summed E-state index contributed by atoms with van der Waals surface area (Å²) < 4.78 is 37.5. The first-order chi connectivity index (χ1) is 15.0. The van der Waals surface area contributed by atoms with Gasteiger partial charge in [0, 0.05) is 32.8 Å². The maximum atomic E-state index is 12.7. The quantitative estimate of drug-likeness (QED) is 0.563. The third-order valence-electron chi connectivity index (χ3n) is 5.09. The molecule has 1 aliphatic heterocycles. The van der Waals surface area contributed by atoms with E-state index in [0.717, 1.165) is 24.8 Å². The van der Waals surface area contributed by atoms with Gasteiger partial charge >= 0.3 is 0 Å². The Hall–Kier alpha value is -2.49. The van der Waals surface area contributed by atoms with Gasteiger partial charge in [0.25, 0.3) is 0 Å². The Bertz CT molecular complexity index is 957. The first-order valence-corrected chi connectivity index (χ1v) is 11.9. The molecule has 2 heterocycles. The fourth-order valence-corrected chi connectivity index (χ4v) is 4.89. The molecule has 0 bridgehead atoms. The Morgan fingerprint density at radius 1 is 1.10 bits per heavy atom. The van der Waals surface area contributed by atoms with Gasteiger partial charge in [-0.3, -0.25) is 4.79 Å². The summed E-state index contributed by atoms with van der Waals surface area (Å²) in [6, 6.07) is 10.2. The second-order valence-corrected chi connectivity index (χ2v) is 9.29. The number of hydrogen-bond donors (Lipinski definition) is 1. The topological polar surface area (TPSA) is 97.8 Å². The van der Waals surface area contributed by atoms with Gasteiger partial charge in [0.2, 0.25) is 21.8 Å². The molecular formula is C22H29N3O5S. The zero-order chi connectivity index (χ0) is 22.1. The van der Waals surface area contributed by atoms with Gasteiger partial charge in [0.1, 0.15) is 12.3 Å². The lowest BCUT2D eigenvalue weighted by atomic mass is 10.1. The van der Waals surface area contributed by atoms with Crippen molar-refractivity contribution in [3.8, 4) is 5.88 Å². The number of pyridine rings is 1. The average molecular weight is 448 g/mol. The van der Waals surface area contributed by atoms with E-state index in [2.05, 4.69) is 10.3 Å². The number of nitrogens with zero attached hydrogens (tertiary/aromatic N) is 2. The first kappa shape index (κ1) is 23.2. The van der Waals surface area contributed by atoms with Crippen molar-refractivity contribution in [2.75, 3.05) is 38.7 Å². The van der Waals surface area contributed by atoms with E-state index in [-0.39, 0.29) is 12.3 Å². The van der Waals surface area contributed by atoms with Crippen LogP contribution in [0.4, 0.5) is 5.69 Å². The summed E-state index contributed by atoms with van der Waals surface area (Å²) in [6.45, 7) is 1.92. The van der Waals surface area contributed by atoms with Crippen LogP contribution in [0.1, 0.15) is 31.2 Å². The van der Waals surface area contributed by atoms with Gasteiger partial charge < -0.3 is 14.8 Å². The Morgan fingerprint density at radius 2 is 1.84 bits per heavy atom. The predicted molar refractivity (Wildman–Crippen MR) is 118 cm³/mol. The van der Waals surface area contributed by atoms with Crippen molar-refractivity contribution in [2.24, 2.45) is 0 Å². The average Bonchev–Trinajstić information content (AvgIpc) is 2.80. The summed E-state index contributed by atoms with van der Waals surface area (Å²) in [5.41, 5.74) is 1.40. The number of piperidine rings is 1. The number of amides is 1. The van der Waals surface area contributed by atoms with Crippen LogP contribution in [0.5, 0.6) is 5.88 Å². The van der Waals surface area contributed by atoms with E-state index in [9.17, 15) is 13.2 Å². The molecule has 1 fully saturated rings. The number of ether oxygens (including phenoxy) is 2. The van der Waals surface area contributed by atoms with E-state index in [1.54, 1.807) is 54.0 Å². The Labute approximate surface area is 183 Å². The van der Waals surface area contributed by atoms with Gasteiger partial charge in [-0.2, -0.15) is 4.31 Å². The first-order valence-electron chi connectivity index (χ1n) is 10.5. The highest BCUT2D eigenvalue weighted by molar-refractivity contribution is 7.89. The van der Waals surface area contributed by atoms with E-state index < -0.39 is 10.0 Å². The molecule has 3 rings (SSSR count). The normalized spacial score (nSPS) is 14.9. The van der Waals surface area contributed by atoms with Crippen molar-refractivity contribution in [3.63, 3.8) is 0 Å². The van der Waals surface area contributed by atoms with Crippen LogP contribution >= 0.6 is 0 Å². The smallest absolute Gasteiger partial charge is 0.243 e.